The maximum atomic E-state index is 12.5. The lowest BCUT2D eigenvalue weighted by Gasteiger charge is -2.16. The molecule has 0 spiro atoms. The van der Waals surface area contributed by atoms with Crippen LogP contribution in [0.15, 0.2) is 27.8 Å². The SMILES string of the molecule is Cc1oc(CN)cc1S(=O)(=O)N(C)Cc1nccn1C. The van der Waals surface area contributed by atoms with Crippen LogP contribution in [0.4, 0.5) is 0 Å². The molecule has 0 saturated carbocycles. The number of furan rings is 1. The topological polar surface area (TPSA) is 94.4 Å². The summed E-state index contributed by atoms with van der Waals surface area (Å²) in [6.45, 7) is 1.97. The number of nitrogens with two attached hydrogens (primary N) is 1. The summed E-state index contributed by atoms with van der Waals surface area (Å²) in [5.74, 6) is 1.46. The molecule has 0 radical (unpaired) electrons. The van der Waals surface area contributed by atoms with Crippen molar-refractivity contribution in [2.75, 3.05) is 7.05 Å². The van der Waals surface area contributed by atoms with E-state index in [-0.39, 0.29) is 18.0 Å². The molecule has 2 aromatic heterocycles. The number of hydrogen-bond donors (Lipinski definition) is 1. The van der Waals surface area contributed by atoms with Gasteiger partial charge in [-0.25, -0.2) is 13.4 Å². The van der Waals surface area contributed by atoms with Crippen molar-refractivity contribution >= 4 is 10.0 Å². The maximum Gasteiger partial charge on any atom is 0.246 e. The lowest BCUT2D eigenvalue weighted by Crippen LogP contribution is -2.27. The summed E-state index contributed by atoms with van der Waals surface area (Å²) in [7, 11) is -0.291. The molecule has 0 fully saturated rings. The molecule has 0 bridgehead atoms. The Morgan fingerprint density at radius 1 is 1.50 bits per heavy atom. The third kappa shape index (κ3) is 2.62. The Labute approximate surface area is 118 Å². The van der Waals surface area contributed by atoms with Crippen LogP contribution in [-0.4, -0.2) is 29.3 Å². The molecule has 0 aliphatic rings. The summed E-state index contributed by atoms with van der Waals surface area (Å²) in [6, 6.07) is 1.47. The zero-order valence-electron chi connectivity index (χ0n) is 11.7. The van der Waals surface area contributed by atoms with Crippen molar-refractivity contribution in [1.29, 1.82) is 0 Å². The predicted molar refractivity (Wildman–Crippen MR) is 73.2 cm³/mol. The van der Waals surface area contributed by atoms with E-state index in [9.17, 15) is 8.42 Å². The van der Waals surface area contributed by atoms with Gasteiger partial charge in [0.1, 0.15) is 22.2 Å². The average Bonchev–Trinajstić information content (AvgIpc) is 2.96. The molecule has 0 saturated heterocycles. The summed E-state index contributed by atoms with van der Waals surface area (Å²) in [6.07, 6.45) is 3.40. The van der Waals surface area contributed by atoms with Gasteiger partial charge in [-0.05, 0) is 6.92 Å². The Kier molecular flexibility index (Phi) is 3.98. The van der Waals surface area contributed by atoms with Crippen LogP contribution >= 0.6 is 0 Å². The number of rotatable bonds is 5. The molecule has 8 heteroatoms. The Bertz CT molecular complexity index is 702. The van der Waals surface area contributed by atoms with Crippen LogP contribution in [0.1, 0.15) is 17.3 Å². The number of aryl methyl sites for hydroxylation is 2. The first kappa shape index (κ1) is 14.8. The molecule has 2 rings (SSSR count). The summed E-state index contributed by atoms with van der Waals surface area (Å²) in [5, 5.41) is 0. The molecule has 0 aromatic carbocycles. The summed E-state index contributed by atoms with van der Waals surface area (Å²) < 4.78 is 33.3. The van der Waals surface area contributed by atoms with Gasteiger partial charge in [-0.3, -0.25) is 0 Å². The fourth-order valence-corrected chi connectivity index (χ4v) is 3.19. The molecule has 2 N–H and O–H groups in total. The van der Waals surface area contributed by atoms with Gasteiger partial charge in [0.05, 0.1) is 13.1 Å². The molecule has 7 nitrogen and oxygen atoms in total. The predicted octanol–water partition coefficient (Wildman–Crippen LogP) is 0.601. The van der Waals surface area contributed by atoms with Gasteiger partial charge in [-0.1, -0.05) is 0 Å². The van der Waals surface area contributed by atoms with Gasteiger partial charge < -0.3 is 14.7 Å². The third-order valence-corrected chi connectivity index (χ3v) is 5.01. The van der Waals surface area contributed by atoms with Crippen LogP contribution in [0.3, 0.4) is 0 Å². The van der Waals surface area contributed by atoms with E-state index in [2.05, 4.69) is 4.98 Å². The smallest absolute Gasteiger partial charge is 0.246 e. The highest BCUT2D eigenvalue weighted by Gasteiger charge is 2.26. The minimum Gasteiger partial charge on any atom is -0.464 e. The van der Waals surface area contributed by atoms with Crippen LogP contribution in [0.2, 0.25) is 0 Å². The fraction of sp³-hybridized carbons (Fsp3) is 0.417. The molecule has 0 amide bonds. The number of nitrogens with zero attached hydrogens (tertiary/aromatic N) is 3. The lowest BCUT2D eigenvalue weighted by molar-refractivity contribution is 0.445. The zero-order valence-corrected chi connectivity index (χ0v) is 12.5. The van der Waals surface area contributed by atoms with Crippen molar-refractivity contribution < 1.29 is 12.8 Å². The minimum absolute atomic E-state index is 0.148. The van der Waals surface area contributed by atoms with Crippen LogP contribution in [0.25, 0.3) is 0 Å². The fourth-order valence-electron chi connectivity index (χ4n) is 1.88. The van der Waals surface area contributed by atoms with E-state index >= 15 is 0 Å². The summed E-state index contributed by atoms with van der Waals surface area (Å²) >= 11 is 0. The van der Waals surface area contributed by atoms with Gasteiger partial charge >= 0.3 is 0 Å². The molecule has 0 aliphatic carbocycles. The van der Waals surface area contributed by atoms with Crippen molar-refractivity contribution in [1.82, 2.24) is 13.9 Å². The summed E-state index contributed by atoms with van der Waals surface area (Å²) in [4.78, 5) is 4.27. The van der Waals surface area contributed by atoms with E-state index in [1.807, 2.05) is 7.05 Å². The van der Waals surface area contributed by atoms with E-state index < -0.39 is 10.0 Å². The Balaban J connectivity index is 2.29. The Morgan fingerprint density at radius 2 is 2.20 bits per heavy atom. The molecule has 0 unspecified atom stereocenters. The number of sulfonamides is 1. The molecular weight excluding hydrogens is 280 g/mol. The first-order chi connectivity index (χ1) is 9.36. The van der Waals surface area contributed by atoms with E-state index in [4.69, 9.17) is 10.2 Å². The monoisotopic (exact) mass is 298 g/mol. The lowest BCUT2D eigenvalue weighted by atomic mass is 10.4. The largest absolute Gasteiger partial charge is 0.464 e. The molecule has 0 atom stereocenters. The van der Waals surface area contributed by atoms with Crippen molar-refractivity contribution in [3.05, 3.63) is 35.8 Å². The molecule has 2 aromatic rings. The van der Waals surface area contributed by atoms with E-state index in [1.165, 1.54) is 17.4 Å². The standard InChI is InChI=1S/C12H18N4O3S/c1-9-11(6-10(7-13)19-9)20(17,18)16(3)8-12-14-4-5-15(12)2/h4-6H,7-8,13H2,1-3H3. The van der Waals surface area contributed by atoms with E-state index in [0.29, 0.717) is 17.3 Å². The van der Waals surface area contributed by atoms with Crippen LogP contribution in [0, 0.1) is 6.92 Å². The second kappa shape index (κ2) is 5.39. The average molecular weight is 298 g/mol. The van der Waals surface area contributed by atoms with Crippen molar-refractivity contribution in [2.24, 2.45) is 12.8 Å². The second-order valence-electron chi connectivity index (χ2n) is 4.55. The van der Waals surface area contributed by atoms with Crippen LogP contribution in [-0.2, 0) is 30.2 Å². The minimum atomic E-state index is -3.62. The number of imidazole rings is 1. The molecule has 110 valence electrons. The van der Waals surface area contributed by atoms with Gasteiger partial charge in [0.25, 0.3) is 0 Å². The maximum absolute atomic E-state index is 12.5. The van der Waals surface area contributed by atoms with Gasteiger partial charge in [-0.15, -0.1) is 0 Å². The highest BCUT2D eigenvalue weighted by Crippen LogP contribution is 2.23. The quantitative estimate of drug-likeness (QED) is 0.872. The molecule has 2 heterocycles. The number of hydrogen-bond acceptors (Lipinski definition) is 5. The summed E-state index contributed by atoms with van der Waals surface area (Å²) in [5.41, 5.74) is 5.47. The van der Waals surface area contributed by atoms with Gasteiger partial charge in [0.2, 0.25) is 10.0 Å². The van der Waals surface area contributed by atoms with Gasteiger partial charge in [0.15, 0.2) is 0 Å². The van der Waals surface area contributed by atoms with Crippen molar-refractivity contribution in [2.45, 2.75) is 24.9 Å². The number of aromatic nitrogens is 2. The third-order valence-electron chi connectivity index (χ3n) is 3.10. The van der Waals surface area contributed by atoms with Crippen molar-refractivity contribution in [3.63, 3.8) is 0 Å². The van der Waals surface area contributed by atoms with Crippen LogP contribution < -0.4 is 5.73 Å². The highest BCUT2D eigenvalue weighted by molar-refractivity contribution is 7.89. The second-order valence-corrected chi connectivity index (χ2v) is 6.57. The highest BCUT2D eigenvalue weighted by atomic mass is 32.2. The van der Waals surface area contributed by atoms with Crippen LogP contribution in [0.5, 0.6) is 0 Å². The van der Waals surface area contributed by atoms with E-state index in [0.717, 1.165) is 0 Å². The molecular formula is C12H18N4O3S. The van der Waals surface area contributed by atoms with E-state index in [1.54, 1.807) is 23.9 Å². The first-order valence-corrected chi connectivity index (χ1v) is 7.52. The Morgan fingerprint density at radius 3 is 2.70 bits per heavy atom. The first-order valence-electron chi connectivity index (χ1n) is 6.08. The van der Waals surface area contributed by atoms with Gasteiger partial charge in [-0.2, -0.15) is 4.31 Å². The molecule has 0 aliphatic heterocycles. The van der Waals surface area contributed by atoms with Crippen molar-refractivity contribution in [3.8, 4) is 0 Å². The molecule has 20 heavy (non-hydrogen) atoms. The normalized spacial score (nSPS) is 12.2. The zero-order chi connectivity index (χ0) is 14.9. The van der Waals surface area contributed by atoms with Gasteiger partial charge in [0, 0.05) is 32.6 Å². The Hall–Kier alpha value is -1.64.